The Morgan fingerprint density at radius 3 is 2.60 bits per heavy atom. The third kappa shape index (κ3) is 2.40. The van der Waals surface area contributed by atoms with Crippen LogP contribution >= 0.6 is 0 Å². The largest absolute Gasteiger partial charge is 0.495 e. The molecule has 0 saturated carbocycles. The molecule has 82 valence electrons. The van der Waals surface area contributed by atoms with Crippen LogP contribution in [0.2, 0.25) is 0 Å². The summed E-state index contributed by atoms with van der Waals surface area (Å²) < 4.78 is 9.68. The minimum atomic E-state index is -0.307. The number of anilines is 1. The zero-order chi connectivity index (χ0) is 11.4. The fourth-order valence-electron chi connectivity index (χ4n) is 1.38. The van der Waals surface area contributed by atoms with E-state index in [4.69, 9.17) is 10.5 Å². The average molecular weight is 209 g/mol. The number of carbonyl (C=O) groups is 1. The number of hydrogen-bond acceptors (Lipinski definition) is 4. The Balaban J connectivity index is 3.09. The highest BCUT2D eigenvalue weighted by Gasteiger charge is 2.12. The van der Waals surface area contributed by atoms with Crippen LogP contribution in [-0.2, 0) is 16.0 Å². The molecule has 0 aliphatic rings. The van der Waals surface area contributed by atoms with Gasteiger partial charge in [0.25, 0.3) is 0 Å². The maximum Gasteiger partial charge on any atom is 0.310 e. The van der Waals surface area contributed by atoms with Crippen molar-refractivity contribution in [2.45, 2.75) is 13.3 Å². The van der Waals surface area contributed by atoms with Gasteiger partial charge in [0.15, 0.2) is 0 Å². The highest BCUT2D eigenvalue weighted by Crippen LogP contribution is 2.28. The molecule has 0 radical (unpaired) electrons. The zero-order valence-corrected chi connectivity index (χ0v) is 9.16. The Morgan fingerprint density at radius 2 is 2.07 bits per heavy atom. The summed E-state index contributed by atoms with van der Waals surface area (Å²) in [4.78, 5) is 11.2. The lowest BCUT2D eigenvalue weighted by Gasteiger charge is -2.11. The quantitative estimate of drug-likeness (QED) is 0.602. The molecule has 0 spiro atoms. The number of methoxy groups -OCH3 is 2. The van der Waals surface area contributed by atoms with E-state index in [9.17, 15) is 4.79 Å². The predicted octanol–water partition coefficient (Wildman–Crippen LogP) is 1.30. The van der Waals surface area contributed by atoms with Gasteiger partial charge in [-0.05, 0) is 24.1 Å². The van der Waals surface area contributed by atoms with Gasteiger partial charge in [0.1, 0.15) is 5.75 Å². The number of ether oxygens (including phenoxy) is 2. The first-order valence-electron chi connectivity index (χ1n) is 4.59. The molecule has 1 aromatic rings. The molecule has 0 heterocycles. The van der Waals surface area contributed by atoms with Crippen molar-refractivity contribution in [1.82, 2.24) is 0 Å². The van der Waals surface area contributed by atoms with Crippen LogP contribution in [0.4, 0.5) is 5.69 Å². The minimum absolute atomic E-state index is 0.172. The molecule has 0 aliphatic carbocycles. The van der Waals surface area contributed by atoms with Gasteiger partial charge in [0.05, 0.1) is 26.3 Å². The molecule has 0 aromatic heterocycles. The molecule has 1 aromatic carbocycles. The second-order valence-electron chi connectivity index (χ2n) is 3.23. The van der Waals surface area contributed by atoms with E-state index in [1.807, 2.05) is 13.0 Å². The van der Waals surface area contributed by atoms with Crippen molar-refractivity contribution < 1.29 is 14.3 Å². The van der Waals surface area contributed by atoms with Gasteiger partial charge in [0, 0.05) is 0 Å². The molecule has 0 atom stereocenters. The summed E-state index contributed by atoms with van der Waals surface area (Å²) in [6, 6.07) is 3.65. The monoisotopic (exact) mass is 209 g/mol. The predicted molar refractivity (Wildman–Crippen MR) is 57.9 cm³/mol. The molecule has 0 fully saturated rings. The summed E-state index contributed by atoms with van der Waals surface area (Å²) in [7, 11) is 2.90. The minimum Gasteiger partial charge on any atom is -0.495 e. The number of nitrogens with two attached hydrogens (primary N) is 1. The summed E-state index contributed by atoms with van der Waals surface area (Å²) in [5, 5.41) is 0. The average Bonchev–Trinajstić information content (AvgIpc) is 2.24. The Bertz CT molecular complexity index is 374. The molecule has 2 N–H and O–H groups in total. The van der Waals surface area contributed by atoms with E-state index in [1.165, 1.54) is 7.11 Å². The Labute approximate surface area is 89.0 Å². The van der Waals surface area contributed by atoms with E-state index in [0.717, 1.165) is 11.1 Å². The Kier molecular flexibility index (Phi) is 3.55. The van der Waals surface area contributed by atoms with Crippen molar-refractivity contribution in [3.63, 3.8) is 0 Å². The van der Waals surface area contributed by atoms with Gasteiger partial charge in [-0.1, -0.05) is 6.07 Å². The topological polar surface area (TPSA) is 61.5 Å². The smallest absolute Gasteiger partial charge is 0.310 e. The molecular weight excluding hydrogens is 194 g/mol. The number of aryl methyl sites for hydroxylation is 1. The number of hydrogen-bond donors (Lipinski definition) is 1. The number of esters is 1. The van der Waals surface area contributed by atoms with Crippen molar-refractivity contribution in [2.24, 2.45) is 0 Å². The zero-order valence-electron chi connectivity index (χ0n) is 9.16. The first-order chi connectivity index (χ1) is 7.10. The van der Waals surface area contributed by atoms with Gasteiger partial charge in [0.2, 0.25) is 0 Å². The SMILES string of the molecule is COC(=O)Cc1c(C)ccc(OC)c1N. The number of nitrogen functional groups attached to an aromatic ring is 1. The van der Waals surface area contributed by atoms with Crippen LogP contribution in [0.15, 0.2) is 12.1 Å². The molecule has 0 saturated heterocycles. The summed E-state index contributed by atoms with van der Waals surface area (Å²) in [5.74, 6) is 0.276. The summed E-state index contributed by atoms with van der Waals surface area (Å²) in [5.41, 5.74) is 8.09. The van der Waals surface area contributed by atoms with Crippen LogP contribution < -0.4 is 10.5 Å². The lowest BCUT2D eigenvalue weighted by molar-refractivity contribution is -0.139. The van der Waals surface area contributed by atoms with Gasteiger partial charge < -0.3 is 15.2 Å². The Hall–Kier alpha value is -1.71. The molecule has 1 rings (SSSR count). The lowest BCUT2D eigenvalue weighted by atomic mass is 10.0. The highest BCUT2D eigenvalue weighted by atomic mass is 16.5. The number of benzene rings is 1. The maximum absolute atomic E-state index is 11.2. The standard InChI is InChI=1S/C11H15NO3/c1-7-4-5-9(14-2)11(12)8(7)6-10(13)15-3/h4-5H,6,12H2,1-3H3. The summed E-state index contributed by atoms with van der Waals surface area (Å²) in [6.45, 7) is 1.90. The highest BCUT2D eigenvalue weighted by molar-refractivity contribution is 5.77. The van der Waals surface area contributed by atoms with E-state index in [2.05, 4.69) is 4.74 Å². The molecule has 15 heavy (non-hydrogen) atoms. The van der Waals surface area contributed by atoms with E-state index in [0.29, 0.717) is 11.4 Å². The van der Waals surface area contributed by atoms with Crippen molar-refractivity contribution in [1.29, 1.82) is 0 Å². The van der Waals surface area contributed by atoms with Gasteiger partial charge in [-0.2, -0.15) is 0 Å². The molecule has 4 nitrogen and oxygen atoms in total. The first-order valence-corrected chi connectivity index (χ1v) is 4.59. The number of rotatable bonds is 3. The van der Waals surface area contributed by atoms with Crippen molar-refractivity contribution in [3.8, 4) is 5.75 Å². The fourth-order valence-corrected chi connectivity index (χ4v) is 1.38. The van der Waals surface area contributed by atoms with Crippen LogP contribution in [0.1, 0.15) is 11.1 Å². The van der Waals surface area contributed by atoms with E-state index in [-0.39, 0.29) is 12.4 Å². The summed E-state index contributed by atoms with van der Waals surface area (Å²) in [6.07, 6.45) is 0.172. The van der Waals surface area contributed by atoms with Crippen molar-refractivity contribution >= 4 is 11.7 Å². The fraction of sp³-hybridized carbons (Fsp3) is 0.364. The number of carbonyl (C=O) groups excluding carboxylic acids is 1. The summed E-state index contributed by atoms with van der Waals surface area (Å²) >= 11 is 0. The van der Waals surface area contributed by atoms with Gasteiger partial charge >= 0.3 is 5.97 Å². The normalized spacial score (nSPS) is 9.80. The van der Waals surface area contributed by atoms with Crippen LogP contribution in [0, 0.1) is 6.92 Å². The maximum atomic E-state index is 11.2. The van der Waals surface area contributed by atoms with E-state index >= 15 is 0 Å². The third-order valence-electron chi connectivity index (χ3n) is 2.32. The van der Waals surface area contributed by atoms with Crippen LogP contribution in [0.3, 0.4) is 0 Å². The lowest BCUT2D eigenvalue weighted by Crippen LogP contribution is -2.09. The molecule has 0 aliphatic heterocycles. The molecule has 4 heteroatoms. The van der Waals surface area contributed by atoms with Crippen LogP contribution in [0.25, 0.3) is 0 Å². The van der Waals surface area contributed by atoms with E-state index < -0.39 is 0 Å². The molecule has 0 amide bonds. The van der Waals surface area contributed by atoms with Gasteiger partial charge in [-0.3, -0.25) is 4.79 Å². The molecular formula is C11H15NO3. The van der Waals surface area contributed by atoms with E-state index in [1.54, 1.807) is 13.2 Å². The van der Waals surface area contributed by atoms with Crippen LogP contribution in [0.5, 0.6) is 5.75 Å². The van der Waals surface area contributed by atoms with Crippen molar-refractivity contribution in [2.75, 3.05) is 20.0 Å². The van der Waals surface area contributed by atoms with Crippen LogP contribution in [-0.4, -0.2) is 20.2 Å². The third-order valence-corrected chi connectivity index (χ3v) is 2.32. The first kappa shape index (κ1) is 11.4. The van der Waals surface area contributed by atoms with Crippen molar-refractivity contribution in [3.05, 3.63) is 23.3 Å². The molecule has 0 bridgehead atoms. The second kappa shape index (κ2) is 4.68. The van der Waals surface area contributed by atoms with Gasteiger partial charge in [-0.15, -0.1) is 0 Å². The second-order valence-corrected chi connectivity index (χ2v) is 3.23. The van der Waals surface area contributed by atoms with Gasteiger partial charge in [-0.25, -0.2) is 0 Å². The molecule has 0 unspecified atom stereocenters. The Morgan fingerprint density at radius 1 is 1.40 bits per heavy atom.